The van der Waals surface area contributed by atoms with E-state index in [1.54, 1.807) is 0 Å². The summed E-state index contributed by atoms with van der Waals surface area (Å²) in [5.74, 6) is -1.06. The van der Waals surface area contributed by atoms with Gasteiger partial charge in [0.15, 0.2) is 5.78 Å². The highest BCUT2D eigenvalue weighted by Gasteiger charge is 2.20. The fourth-order valence-corrected chi connectivity index (χ4v) is 3.49. The van der Waals surface area contributed by atoms with Crippen molar-refractivity contribution in [2.24, 2.45) is 0 Å². The van der Waals surface area contributed by atoms with E-state index >= 15 is 0 Å². The van der Waals surface area contributed by atoms with Crippen LogP contribution in [-0.4, -0.2) is 36.3 Å². The standard InChI is InChI=1S/C20H31NO6S/c1-2-3-4-5-8-14-19(23)21-15-9-6-7-12-17(22)16-11-10-13-18(20(16)24)28(25,26)27/h10-11,13,24H,2-9,12,14-15H2,1H3,(H,21,23)(H,25,26,27). The molecule has 0 unspecified atom stereocenters. The van der Waals surface area contributed by atoms with Crippen LogP contribution in [0.2, 0.25) is 0 Å². The summed E-state index contributed by atoms with van der Waals surface area (Å²) in [5, 5.41) is 12.8. The van der Waals surface area contributed by atoms with Gasteiger partial charge in [-0.25, -0.2) is 0 Å². The molecule has 0 aliphatic carbocycles. The lowest BCUT2D eigenvalue weighted by Crippen LogP contribution is -2.24. The Hall–Kier alpha value is -1.93. The predicted octanol–water partition coefficient (Wildman–Crippen LogP) is 3.86. The van der Waals surface area contributed by atoms with E-state index in [1.807, 2.05) is 0 Å². The number of hydrogen-bond donors (Lipinski definition) is 3. The lowest BCUT2D eigenvalue weighted by molar-refractivity contribution is -0.121. The fraction of sp³-hybridized carbons (Fsp3) is 0.600. The maximum atomic E-state index is 12.2. The van der Waals surface area contributed by atoms with E-state index in [0.29, 0.717) is 19.4 Å². The molecule has 0 aliphatic heterocycles. The van der Waals surface area contributed by atoms with Crippen LogP contribution in [0.1, 0.15) is 81.5 Å². The highest BCUT2D eigenvalue weighted by Crippen LogP contribution is 2.27. The molecule has 1 aromatic carbocycles. The van der Waals surface area contributed by atoms with E-state index in [1.165, 1.54) is 31.4 Å². The van der Waals surface area contributed by atoms with E-state index in [0.717, 1.165) is 31.7 Å². The van der Waals surface area contributed by atoms with Crippen molar-refractivity contribution in [2.45, 2.75) is 76.0 Å². The smallest absolute Gasteiger partial charge is 0.298 e. The number of carbonyl (C=O) groups excluding carboxylic acids is 2. The predicted molar refractivity (Wildman–Crippen MR) is 107 cm³/mol. The second-order valence-electron chi connectivity index (χ2n) is 6.88. The molecule has 0 fully saturated rings. The van der Waals surface area contributed by atoms with Gasteiger partial charge in [0.2, 0.25) is 5.91 Å². The largest absolute Gasteiger partial charge is 0.506 e. The van der Waals surface area contributed by atoms with Crippen LogP contribution in [0.3, 0.4) is 0 Å². The number of amides is 1. The molecule has 7 nitrogen and oxygen atoms in total. The normalized spacial score (nSPS) is 11.4. The molecule has 0 aliphatic rings. The molecule has 0 bridgehead atoms. The molecule has 0 radical (unpaired) electrons. The summed E-state index contributed by atoms with van der Waals surface area (Å²) in [6.45, 7) is 2.71. The van der Waals surface area contributed by atoms with E-state index in [9.17, 15) is 23.1 Å². The van der Waals surface area contributed by atoms with Gasteiger partial charge in [-0.1, -0.05) is 45.1 Å². The number of unbranched alkanes of at least 4 members (excludes halogenated alkanes) is 6. The minimum absolute atomic E-state index is 0.0551. The van der Waals surface area contributed by atoms with Crippen molar-refractivity contribution >= 4 is 21.8 Å². The zero-order valence-electron chi connectivity index (χ0n) is 16.4. The molecule has 8 heteroatoms. The summed E-state index contributed by atoms with van der Waals surface area (Å²) in [7, 11) is -4.58. The van der Waals surface area contributed by atoms with Crippen LogP contribution in [0, 0.1) is 0 Å². The molecule has 0 spiro atoms. The second kappa shape index (κ2) is 12.5. The van der Waals surface area contributed by atoms with Crippen LogP contribution in [0.25, 0.3) is 0 Å². The zero-order valence-corrected chi connectivity index (χ0v) is 17.3. The number of phenols is 1. The molecule has 1 aromatic rings. The summed E-state index contributed by atoms with van der Waals surface area (Å²) in [4.78, 5) is 23.2. The monoisotopic (exact) mass is 413 g/mol. The quantitative estimate of drug-likeness (QED) is 0.242. The van der Waals surface area contributed by atoms with Crippen LogP contribution in [-0.2, 0) is 14.9 Å². The van der Waals surface area contributed by atoms with Crippen LogP contribution in [0.4, 0.5) is 0 Å². The number of rotatable bonds is 14. The number of carbonyl (C=O) groups is 2. The first kappa shape index (κ1) is 24.1. The van der Waals surface area contributed by atoms with E-state index < -0.39 is 20.8 Å². The van der Waals surface area contributed by atoms with Crippen LogP contribution < -0.4 is 5.32 Å². The third-order valence-corrected chi connectivity index (χ3v) is 5.37. The van der Waals surface area contributed by atoms with Crippen molar-refractivity contribution in [3.63, 3.8) is 0 Å². The highest BCUT2D eigenvalue weighted by molar-refractivity contribution is 7.86. The lowest BCUT2D eigenvalue weighted by atomic mass is 10.0. The van der Waals surface area contributed by atoms with Gasteiger partial charge in [0.1, 0.15) is 10.6 Å². The maximum absolute atomic E-state index is 12.2. The molecular weight excluding hydrogens is 382 g/mol. The van der Waals surface area contributed by atoms with Gasteiger partial charge in [-0.3, -0.25) is 14.1 Å². The summed E-state index contributed by atoms with van der Waals surface area (Å²) in [6.07, 6.45) is 8.26. The minimum Gasteiger partial charge on any atom is -0.506 e. The zero-order chi connectivity index (χ0) is 21.0. The SMILES string of the molecule is CCCCCCCC(=O)NCCCCCC(=O)c1cccc(S(=O)(=O)O)c1O. The summed E-state index contributed by atoms with van der Waals surface area (Å²) >= 11 is 0. The van der Waals surface area contributed by atoms with Gasteiger partial charge in [-0.15, -0.1) is 0 Å². The first-order valence-corrected chi connectivity index (χ1v) is 11.3. The number of nitrogens with one attached hydrogen (secondary N) is 1. The Morgan fingerprint density at radius 2 is 1.61 bits per heavy atom. The first-order chi connectivity index (χ1) is 13.3. The average Bonchev–Trinajstić information content (AvgIpc) is 2.63. The van der Waals surface area contributed by atoms with E-state index in [-0.39, 0.29) is 23.7 Å². The minimum atomic E-state index is -4.58. The Balaban J connectivity index is 2.25. The van der Waals surface area contributed by atoms with Crippen molar-refractivity contribution in [1.29, 1.82) is 0 Å². The Bertz CT molecular complexity index is 745. The summed E-state index contributed by atoms with van der Waals surface area (Å²) < 4.78 is 31.4. The number of aromatic hydroxyl groups is 1. The summed E-state index contributed by atoms with van der Waals surface area (Å²) in [5.41, 5.74) is -0.119. The molecular formula is C20H31NO6S. The van der Waals surface area contributed by atoms with E-state index in [4.69, 9.17) is 4.55 Å². The molecule has 28 heavy (non-hydrogen) atoms. The second-order valence-corrected chi connectivity index (χ2v) is 8.27. The van der Waals surface area contributed by atoms with E-state index in [2.05, 4.69) is 12.2 Å². The Kier molecular flexibility index (Phi) is 10.8. The van der Waals surface area contributed by atoms with Gasteiger partial charge in [0.25, 0.3) is 10.1 Å². The molecule has 0 aromatic heterocycles. The van der Waals surface area contributed by atoms with Crippen LogP contribution >= 0.6 is 0 Å². The van der Waals surface area contributed by atoms with Crippen LogP contribution in [0.5, 0.6) is 5.75 Å². The molecule has 158 valence electrons. The van der Waals surface area contributed by atoms with Gasteiger partial charge < -0.3 is 10.4 Å². The number of benzene rings is 1. The molecule has 0 atom stereocenters. The lowest BCUT2D eigenvalue weighted by Gasteiger charge is -2.08. The Morgan fingerprint density at radius 3 is 2.29 bits per heavy atom. The van der Waals surface area contributed by atoms with Gasteiger partial charge in [0.05, 0.1) is 5.56 Å². The number of ketones is 1. The van der Waals surface area contributed by atoms with Crippen molar-refractivity contribution < 1.29 is 27.7 Å². The first-order valence-electron chi connectivity index (χ1n) is 9.86. The van der Waals surface area contributed by atoms with Gasteiger partial charge in [0, 0.05) is 19.4 Å². The molecule has 0 saturated carbocycles. The van der Waals surface area contributed by atoms with Gasteiger partial charge >= 0.3 is 0 Å². The number of Topliss-reactive ketones (excluding diaryl/α,β-unsaturated/α-hetero) is 1. The maximum Gasteiger partial charge on any atom is 0.298 e. The topological polar surface area (TPSA) is 121 Å². The highest BCUT2D eigenvalue weighted by atomic mass is 32.2. The fourth-order valence-electron chi connectivity index (χ4n) is 2.88. The molecule has 3 N–H and O–H groups in total. The summed E-state index contributed by atoms with van der Waals surface area (Å²) in [6, 6.07) is 3.66. The van der Waals surface area contributed by atoms with Gasteiger partial charge in [-0.05, 0) is 31.4 Å². The average molecular weight is 414 g/mol. The number of para-hydroxylation sites is 1. The molecule has 0 heterocycles. The van der Waals surface area contributed by atoms with Crippen LogP contribution in [0.15, 0.2) is 23.1 Å². The molecule has 1 amide bonds. The van der Waals surface area contributed by atoms with Crippen molar-refractivity contribution in [2.75, 3.05) is 6.54 Å². The van der Waals surface area contributed by atoms with Crippen molar-refractivity contribution in [3.8, 4) is 5.75 Å². The number of hydrogen-bond acceptors (Lipinski definition) is 5. The number of phenolic OH excluding ortho intramolecular Hbond substituents is 1. The Labute approximate surface area is 167 Å². The van der Waals surface area contributed by atoms with Crippen molar-refractivity contribution in [1.82, 2.24) is 5.32 Å². The molecule has 1 rings (SSSR count). The third-order valence-electron chi connectivity index (χ3n) is 4.49. The molecule has 0 saturated heterocycles. The Morgan fingerprint density at radius 1 is 0.964 bits per heavy atom. The van der Waals surface area contributed by atoms with Gasteiger partial charge in [-0.2, -0.15) is 8.42 Å². The third kappa shape index (κ3) is 8.84. The van der Waals surface area contributed by atoms with Crippen molar-refractivity contribution in [3.05, 3.63) is 23.8 Å².